The molecule has 0 aromatic heterocycles. The number of rotatable bonds is 3. The maximum absolute atomic E-state index is 12.6. The molecule has 2 aliphatic rings. The predicted octanol–water partition coefficient (Wildman–Crippen LogP) is 1.46. The van der Waals surface area contributed by atoms with Crippen LogP contribution in [-0.4, -0.2) is 77.6 Å². The Balaban J connectivity index is 1.81. The average molecular weight is 297 g/mol. The minimum atomic E-state index is -0.801. The number of piperazine rings is 1. The van der Waals surface area contributed by atoms with E-state index in [1.165, 1.54) is 25.7 Å². The van der Waals surface area contributed by atoms with Gasteiger partial charge in [0, 0.05) is 39.3 Å². The fraction of sp³-hybridized carbons (Fsp3) is 0.867. The van der Waals surface area contributed by atoms with Crippen LogP contribution in [0.3, 0.4) is 0 Å². The summed E-state index contributed by atoms with van der Waals surface area (Å²) in [5.74, 6) is -0.801. The number of carboxylic acids is 1. The summed E-state index contributed by atoms with van der Waals surface area (Å²) < 4.78 is 0. The molecule has 0 aromatic rings. The third-order valence-corrected chi connectivity index (χ3v) is 4.68. The van der Waals surface area contributed by atoms with Crippen LogP contribution in [0.4, 0.5) is 4.79 Å². The second-order valence-corrected chi connectivity index (χ2v) is 6.20. The van der Waals surface area contributed by atoms with Crippen LogP contribution in [0.5, 0.6) is 0 Å². The van der Waals surface area contributed by atoms with E-state index in [9.17, 15) is 9.59 Å². The number of nitrogens with zero attached hydrogens (tertiary/aromatic N) is 3. The van der Waals surface area contributed by atoms with Crippen molar-refractivity contribution in [3.05, 3.63) is 0 Å². The van der Waals surface area contributed by atoms with Gasteiger partial charge in [-0.25, -0.2) is 4.79 Å². The Labute approximate surface area is 126 Å². The van der Waals surface area contributed by atoms with Gasteiger partial charge < -0.3 is 14.9 Å². The van der Waals surface area contributed by atoms with Crippen LogP contribution in [0.15, 0.2) is 0 Å². The molecule has 0 spiro atoms. The van der Waals surface area contributed by atoms with Crippen molar-refractivity contribution < 1.29 is 14.7 Å². The normalized spacial score (nSPS) is 21.9. The van der Waals surface area contributed by atoms with Gasteiger partial charge in [0.2, 0.25) is 0 Å². The monoisotopic (exact) mass is 297 g/mol. The number of carbonyl (C=O) groups excluding carboxylic acids is 1. The second-order valence-electron chi connectivity index (χ2n) is 6.20. The predicted molar refractivity (Wildman–Crippen MR) is 80.3 cm³/mol. The first kappa shape index (κ1) is 16.1. The number of hydrogen-bond acceptors (Lipinski definition) is 3. The van der Waals surface area contributed by atoms with E-state index in [4.69, 9.17) is 5.11 Å². The molecule has 0 bridgehead atoms. The molecule has 1 heterocycles. The highest BCUT2D eigenvalue weighted by Gasteiger charge is 2.28. The lowest BCUT2D eigenvalue weighted by molar-refractivity contribution is -0.138. The van der Waals surface area contributed by atoms with Crippen LogP contribution in [0.1, 0.15) is 38.5 Å². The smallest absolute Gasteiger partial charge is 0.320 e. The molecule has 0 unspecified atom stereocenters. The minimum absolute atomic E-state index is 0.0699. The van der Waals surface area contributed by atoms with Crippen LogP contribution < -0.4 is 0 Å². The zero-order valence-electron chi connectivity index (χ0n) is 13.0. The van der Waals surface area contributed by atoms with Gasteiger partial charge >= 0.3 is 12.0 Å². The van der Waals surface area contributed by atoms with Gasteiger partial charge in [0.05, 0.1) is 6.54 Å². The standard InChI is InChI=1S/C15H27N3O3/c1-16(13-6-4-2-3-5-7-13)15(21)18-10-8-17(9-11-18)12-14(19)20/h13H,2-12H2,1H3,(H,19,20). The molecule has 0 atom stereocenters. The molecule has 1 N–H and O–H groups in total. The molecule has 0 radical (unpaired) electrons. The summed E-state index contributed by atoms with van der Waals surface area (Å²) in [6.07, 6.45) is 7.23. The highest BCUT2D eigenvalue weighted by atomic mass is 16.4. The third-order valence-electron chi connectivity index (χ3n) is 4.68. The van der Waals surface area contributed by atoms with Crippen molar-refractivity contribution >= 4 is 12.0 Å². The van der Waals surface area contributed by atoms with E-state index >= 15 is 0 Å². The molecule has 2 fully saturated rings. The van der Waals surface area contributed by atoms with Crippen molar-refractivity contribution in [1.82, 2.24) is 14.7 Å². The van der Waals surface area contributed by atoms with Crippen molar-refractivity contribution in [2.24, 2.45) is 0 Å². The summed E-state index contributed by atoms with van der Waals surface area (Å²) in [7, 11) is 1.92. The first-order chi connectivity index (χ1) is 10.1. The molecule has 1 saturated carbocycles. The maximum atomic E-state index is 12.6. The first-order valence-electron chi connectivity index (χ1n) is 8.04. The SMILES string of the molecule is CN(C(=O)N1CCN(CC(=O)O)CC1)C1CCCCCC1. The van der Waals surface area contributed by atoms with E-state index in [2.05, 4.69) is 0 Å². The van der Waals surface area contributed by atoms with Gasteiger partial charge in [-0.15, -0.1) is 0 Å². The van der Waals surface area contributed by atoms with Gasteiger partial charge in [-0.1, -0.05) is 25.7 Å². The molecule has 2 rings (SSSR count). The number of urea groups is 1. The zero-order chi connectivity index (χ0) is 15.2. The van der Waals surface area contributed by atoms with Crippen molar-refractivity contribution in [2.75, 3.05) is 39.8 Å². The highest BCUT2D eigenvalue weighted by Crippen LogP contribution is 2.22. The fourth-order valence-electron chi connectivity index (χ4n) is 3.31. The molecule has 1 aliphatic carbocycles. The zero-order valence-corrected chi connectivity index (χ0v) is 13.0. The van der Waals surface area contributed by atoms with Gasteiger partial charge in [-0.2, -0.15) is 0 Å². The fourth-order valence-corrected chi connectivity index (χ4v) is 3.31. The van der Waals surface area contributed by atoms with Crippen LogP contribution in [-0.2, 0) is 4.79 Å². The quantitative estimate of drug-likeness (QED) is 0.801. The lowest BCUT2D eigenvalue weighted by Gasteiger charge is -2.38. The Kier molecular flexibility index (Phi) is 5.85. The Hall–Kier alpha value is -1.30. The molecule has 6 nitrogen and oxygen atoms in total. The molecule has 1 saturated heterocycles. The Morgan fingerprint density at radius 3 is 2.14 bits per heavy atom. The molecule has 0 aromatic carbocycles. The Morgan fingerprint density at radius 1 is 1.05 bits per heavy atom. The van der Waals surface area contributed by atoms with Crippen LogP contribution in [0, 0.1) is 0 Å². The molecule has 120 valence electrons. The molecular weight excluding hydrogens is 270 g/mol. The number of carboxylic acid groups (broad SMARTS) is 1. The summed E-state index contributed by atoms with van der Waals surface area (Å²) in [6.45, 7) is 2.62. The van der Waals surface area contributed by atoms with Crippen LogP contribution in [0.2, 0.25) is 0 Å². The Bertz CT molecular complexity index is 359. The maximum Gasteiger partial charge on any atom is 0.320 e. The van der Waals surface area contributed by atoms with Gasteiger partial charge in [0.1, 0.15) is 0 Å². The van der Waals surface area contributed by atoms with Crippen molar-refractivity contribution in [3.8, 4) is 0 Å². The van der Waals surface area contributed by atoms with Gasteiger partial charge in [0.15, 0.2) is 0 Å². The van der Waals surface area contributed by atoms with E-state index in [1.807, 2.05) is 21.7 Å². The van der Waals surface area contributed by atoms with Crippen molar-refractivity contribution in [2.45, 2.75) is 44.6 Å². The summed E-state index contributed by atoms with van der Waals surface area (Å²) >= 11 is 0. The molecule has 21 heavy (non-hydrogen) atoms. The van der Waals surface area contributed by atoms with E-state index in [-0.39, 0.29) is 12.6 Å². The van der Waals surface area contributed by atoms with E-state index in [0.29, 0.717) is 32.2 Å². The summed E-state index contributed by atoms with van der Waals surface area (Å²) in [5, 5.41) is 8.80. The molecular formula is C15H27N3O3. The van der Waals surface area contributed by atoms with Crippen LogP contribution >= 0.6 is 0 Å². The van der Waals surface area contributed by atoms with Gasteiger partial charge in [-0.3, -0.25) is 9.69 Å². The van der Waals surface area contributed by atoms with Gasteiger partial charge in [-0.05, 0) is 12.8 Å². The number of amides is 2. The van der Waals surface area contributed by atoms with E-state index in [1.54, 1.807) is 0 Å². The molecule has 2 amide bonds. The Morgan fingerprint density at radius 2 is 1.62 bits per heavy atom. The number of hydrogen-bond donors (Lipinski definition) is 1. The summed E-state index contributed by atoms with van der Waals surface area (Å²) in [6, 6.07) is 0.480. The van der Waals surface area contributed by atoms with Crippen molar-refractivity contribution in [3.63, 3.8) is 0 Å². The van der Waals surface area contributed by atoms with Crippen LogP contribution in [0.25, 0.3) is 0 Å². The largest absolute Gasteiger partial charge is 0.480 e. The average Bonchev–Trinajstić information content (AvgIpc) is 2.75. The summed E-state index contributed by atoms with van der Waals surface area (Å²) in [4.78, 5) is 28.9. The third kappa shape index (κ3) is 4.59. The first-order valence-corrected chi connectivity index (χ1v) is 8.04. The van der Waals surface area contributed by atoms with Crippen molar-refractivity contribution in [1.29, 1.82) is 0 Å². The minimum Gasteiger partial charge on any atom is -0.480 e. The molecule has 1 aliphatic heterocycles. The van der Waals surface area contributed by atoms with E-state index in [0.717, 1.165) is 12.8 Å². The topological polar surface area (TPSA) is 64.1 Å². The second kappa shape index (κ2) is 7.64. The lowest BCUT2D eigenvalue weighted by atomic mass is 10.1. The molecule has 6 heteroatoms. The number of carbonyl (C=O) groups is 2. The van der Waals surface area contributed by atoms with Gasteiger partial charge in [0.25, 0.3) is 0 Å². The summed E-state index contributed by atoms with van der Waals surface area (Å²) in [5.41, 5.74) is 0. The number of aliphatic carboxylic acids is 1. The lowest BCUT2D eigenvalue weighted by Crippen LogP contribution is -2.54. The highest BCUT2D eigenvalue weighted by molar-refractivity contribution is 5.74. The van der Waals surface area contributed by atoms with E-state index < -0.39 is 5.97 Å².